The molecule has 4 atom stereocenters. The monoisotopic (exact) mass is 450 g/mol. The fraction of sp³-hybridized carbons (Fsp3) is 0.444. The molecule has 6 heteroatoms. The molecule has 1 spiro atoms. The van der Waals surface area contributed by atoms with Crippen molar-refractivity contribution in [3.05, 3.63) is 83.4 Å². The summed E-state index contributed by atoms with van der Waals surface area (Å²) >= 11 is 0. The fourth-order valence-corrected chi connectivity index (χ4v) is 5.08. The molecule has 1 unspecified atom stereocenters. The van der Waals surface area contributed by atoms with Crippen LogP contribution in [0.15, 0.2) is 72.3 Å². The molecule has 2 aromatic carbocycles. The van der Waals surface area contributed by atoms with Gasteiger partial charge < -0.3 is 23.7 Å². The van der Waals surface area contributed by atoms with E-state index in [0.717, 1.165) is 16.7 Å². The summed E-state index contributed by atoms with van der Waals surface area (Å²) in [5.74, 6) is -1.07. The molecule has 2 aliphatic heterocycles. The van der Waals surface area contributed by atoms with Crippen LogP contribution in [0.3, 0.4) is 0 Å². The highest BCUT2D eigenvalue weighted by Gasteiger charge is 2.60. The van der Waals surface area contributed by atoms with Crippen molar-refractivity contribution in [2.45, 2.75) is 57.1 Å². The molecule has 0 amide bonds. The number of ether oxygens (including phenoxy) is 5. The van der Waals surface area contributed by atoms with Crippen molar-refractivity contribution in [1.29, 1.82) is 0 Å². The molecule has 174 valence electrons. The van der Waals surface area contributed by atoms with E-state index in [1.54, 1.807) is 6.08 Å². The maximum Gasteiger partial charge on any atom is 0.330 e. The van der Waals surface area contributed by atoms with Crippen molar-refractivity contribution >= 4 is 5.97 Å². The number of hydrogen-bond donors (Lipinski definition) is 0. The molecule has 1 aliphatic carbocycles. The Morgan fingerprint density at radius 2 is 1.58 bits per heavy atom. The minimum Gasteiger partial charge on any atom is -0.462 e. The van der Waals surface area contributed by atoms with Crippen LogP contribution in [0.2, 0.25) is 0 Å². The van der Waals surface area contributed by atoms with E-state index in [2.05, 4.69) is 0 Å². The first-order valence-electron chi connectivity index (χ1n) is 11.5. The lowest BCUT2D eigenvalue weighted by molar-refractivity contribution is -0.231. The summed E-state index contributed by atoms with van der Waals surface area (Å²) in [6, 6.07) is 20.0. The van der Waals surface area contributed by atoms with Gasteiger partial charge in [0.25, 0.3) is 0 Å². The van der Waals surface area contributed by atoms with Gasteiger partial charge in [-0.3, -0.25) is 0 Å². The zero-order valence-corrected chi connectivity index (χ0v) is 19.1. The van der Waals surface area contributed by atoms with E-state index < -0.39 is 23.6 Å². The molecule has 2 fully saturated rings. The Labute approximate surface area is 194 Å². The molecule has 3 aliphatic rings. The van der Waals surface area contributed by atoms with Crippen molar-refractivity contribution in [3.8, 4) is 0 Å². The SMILES string of the molecule is CC1(C)OCC2(C[C@@H]3COC(=O)C=C3[C@H](OCc3ccccc3)[C@@H]2OCc2ccccc2)O1. The first kappa shape index (κ1) is 22.3. The van der Waals surface area contributed by atoms with E-state index in [4.69, 9.17) is 23.7 Å². The first-order chi connectivity index (χ1) is 15.9. The van der Waals surface area contributed by atoms with Gasteiger partial charge in [0.2, 0.25) is 0 Å². The number of carbonyl (C=O) groups is 1. The van der Waals surface area contributed by atoms with Crippen molar-refractivity contribution in [2.24, 2.45) is 5.92 Å². The summed E-state index contributed by atoms with van der Waals surface area (Å²) in [7, 11) is 0. The molecule has 0 radical (unpaired) electrons. The second-order valence-electron chi connectivity index (χ2n) is 9.47. The highest BCUT2D eigenvalue weighted by Crippen LogP contribution is 2.48. The smallest absolute Gasteiger partial charge is 0.330 e. The van der Waals surface area contributed by atoms with Gasteiger partial charge in [-0.15, -0.1) is 0 Å². The molecule has 5 rings (SSSR count). The van der Waals surface area contributed by atoms with Gasteiger partial charge in [-0.1, -0.05) is 60.7 Å². The van der Waals surface area contributed by atoms with Crippen molar-refractivity contribution in [3.63, 3.8) is 0 Å². The number of benzene rings is 2. The summed E-state index contributed by atoms with van der Waals surface area (Å²) in [5, 5.41) is 0. The molecule has 33 heavy (non-hydrogen) atoms. The number of carbonyl (C=O) groups excluding carboxylic acids is 1. The molecule has 0 bridgehead atoms. The zero-order valence-electron chi connectivity index (χ0n) is 19.1. The predicted molar refractivity (Wildman–Crippen MR) is 121 cm³/mol. The van der Waals surface area contributed by atoms with Gasteiger partial charge in [-0.25, -0.2) is 4.79 Å². The summed E-state index contributed by atoms with van der Waals surface area (Å²) < 4.78 is 31.0. The Hall–Kier alpha value is -2.51. The number of esters is 1. The minimum atomic E-state index is -0.731. The van der Waals surface area contributed by atoms with Gasteiger partial charge in [0.15, 0.2) is 5.79 Å². The van der Waals surface area contributed by atoms with E-state index in [-0.39, 0.29) is 11.9 Å². The summed E-state index contributed by atoms with van der Waals surface area (Å²) in [4.78, 5) is 12.2. The molecular formula is C27H30O6. The van der Waals surface area contributed by atoms with E-state index in [9.17, 15) is 4.79 Å². The van der Waals surface area contributed by atoms with Gasteiger partial charge in [-0.2, -0.15) is 0 Å². The molecule has 1 saturated heterocycles. The molecule has 0 N–H and O–H groups in total. The summed E-state index contributed by atoms with van der Waals surface area (Å²) in [6.07, 6.45) is 1.31. The summed E-state index contributed by atoms with van der Waals surface area (Å²) in [5.41, 5.74) is 2.33. The van der Waals surface area contributed by atoms with Crippen LogP contribution in [-0.2, 0) is 41.7 Å². The van der Waals surface area contributed by atoms with Gasteiger partial charge in [-0.05, 0) is 37.0 Å². The third-order valence-electron chi connectivity index (χ3n) is 6.55. The van der Waals surface area contributed by atoms with Crippen LogP contribution in [0.4, 0.5) is 0 Å². The number of hydrogen-bond acceptors (Lipinski definition) is 6. The molecular weight excluding hydrogens is 420 g/mol. The molecule has 1 saturated carbocycles. The first-order valence-corrected chi connectivity index (χ1v) is 11.5. The minimum absolute atomic E-state index is 0.00227. The van der Waals surface area contributed by atoms with Crippen molar-refractivity contribution in [2.75, 3.05) is 13.2 Å². The van der Waals surface area contributed by atoms with Crippen LogP contribution < -0.4 is 0 Å². The van der Waals surface area contributed by atoms with Crippen LogP contribution in [0.25, 0.3) is 0 Å². The average Bonchev–Trinajstić information content (AvgIpc) is 3.13. The highest BCUT2D eigenvalue weighted by molar-refractivity contribution is 5.84. The van der Waals surface area contributed by atoms with Crippen molar-refractivity contribution in [1.82, 2.24) is 0 Å². The Morgan fingerprint density at radius 3 is 2.18 bits per heavy atom. The molecule has 6 nitrogen and oxygen atoms in total. The molecule has 2 heterocycles. The lowest BCUT2D eigenvalue weighted by atomic mass is 9.71. The van der Waals surface area contributed by atoms with Gasteiger partial charge in [0.1, 0.15) is 17.8 Å². The van der Waals surface area contributed by atoms with E-state index in [1.165, 1.54) is 0 Å². The number of fused-ring (bicyclic) bond motifs is 1. The summed E-state index contributed by atoms with van der Waals surface area (Å²) in [6.45, 7) is 5.35. The Balaban J connectivity index is 1.49. The highest BCUT2D eigenvalue weighted by atomic mass is 16.8. The number of rotatable bonds is 6. The van der Waals surface area contributed by atoms with Crippen molar-refractivity contribution < 1.29 is 28.5 Å². The molecule has 2 aromatic rings. The topological polar surface area (TPSA) is 63.2 Å². The third-order valence-corrected chi connectivity index (χ3v) is 6.55. The average molecular weight is 451 g/mol. The Bertz CT molecular complexity index is 1000. The Kier molecular flexibility index (Phi) is 6.10. The van der Waals surface area contributed by atoms with Crippen LogP contribution in [0.5, 0.6) is 0 Å². The van der Waals surface area contributed by atoms with E-state index in [0.29, 0.717) is 32.8 Å². The van der Waals surface area contributed by atoms with Gasteiger partial charge in [0.05, 0.1) is 26.4 Å². The van der Waals surface area contributed by atoms with Crippen LogP contribution in [0, 0.1) is 5.92 Å². The second kappa shape index (κ2) is 9.03. The lowest BCUT2D eigenvalue weighted by Crippen LogP contribution is -2.60. The Morgan fingerprint density at radius 1 is 0.939 bits per heavy atom. The maximum absolute atomic E-state index is 12.2. The zero-order chi connectivity index (χ0) is 22.9. The fourth-order valence-electron chi connectivity index (χ4n) is 5.08. The largest absolute Gasteiger partial charge is 0.462 e. The standard InChI is InChI=1S/C27H30O6/c1-26(2)32-18-27(33-26)14-21-17-29-23(28)13-22(21)24(30-15-19-9-5-3-6-10-19)25(27)31-16-20-11-7-4-8-12-20/h3-13,21,24-25H,14-18H2,1-2H3/t21-,24+,25+,27?/m1/s1. The van der Waals surface area contributed by atoms with Crippen LogP contribution in [0.1, 0.15) is 31.4 Å². The second-order valence-corrected chi connectivity index (χ2v) is 9.47. The van der Waals surface area contributed by atoms with Gasteiger partial charge >= 0.3 is 5.97 Å². The quantitative estimate of drug-likeness (QED) is 0.616. The third kappa shape index (κ3) is 4.75. The van der Waals surface area contributed by atoms with Crippen LogP contribution in [-0.4, -0.2) is 42.8 Å². The molecule has 0 aromatic heterocycles. The van der Waals surface area contributed by atoms with E-state index >= 15 is 0 Å². The van der Waals surface area contributed by atoms with Crippen LogP contribution >= 0.6 is 0 Å². The maximum atomic E-state index is 12.2. The normalized spacial score (nSPS) is 30.5. The number of cyclic esters (lactones) is 1. The lowest BCUT2D eigenvalue weighted by Gasteiger charge is -2.49. The van der Waals surface area contributed by atoms with Gasteiger partial charge in [0, 0.05) is 12.0 Å². The predicted octanol–water partition coefficient (Wildman–Crippen LogP) is 4.18. The van der Waals surface area contributed by atoms with E-state index in [1.807, 2.05) is 74.5 Å².